The highest BCUT2D eigenvalue weighted by Gasteiger charge is 2.30. The third-order valence-electron chi connectivity index (χ3n) is 5.09. The Balaban J connectivity index is 1.35. The Kier molecular flexibility index (Phi) is 5.41. The van der Waals surface area contributed by atoms with E-state index in [0.29, 0.717) is 24.7 Å². The van der Waals surface area contributed by atoms with E-state index in [9.17, 15) is 9.18 Å². The molecule has 0 spiro atoms. The number of rotatable bonds is 6. The number of hydrogen-bond acceptors (Lipinski definition) is 5. The molecule has 0 unspecified atom stereocenters. The number of carbonyl (C=O) groups is 1. The van der Waals surface area contributed by atoms with E-state index in [2.05, 4.69) is 15.2 Å². The average molecular weight is 395 g/mol. The lowest BCUT2D eigenvalue weighted by molar-refractivity contribution is -0.130. The zero-order valence-corrected chi connectivity index (χ0v) is 15.8. The molecule has 8 heteroatoms. The van der Waals surface area contributed by atoms with Crippen LogP contribution in [0, 0.1) is 5.82 Å². The van der Waals surface area contributed by atoms with E-state index in [4.69, 9.17) is 10.5 Å². The number of nitrogens with two attached hydrogens (primary N) is 1. The Labute approximate surface area is 167 Å². The van der Waals surface area contributed by atoms with Crippen molar-refractivity contribution in [2.75, 3.05) is 25.4 Å². The summed E-state index contributed by atoms with van der Waals surface area (Å²) in [6.45, 7) is 1.52. The van der Waals surface area contributed by atoms with Gasteiger partial charge in [-0.25, -0.2) is 9.37 Å². The molecule has 0 saturated carbocycles. The van der Waals surface area contributed by atoms with Crippen LogP contribution in [0.5, 0.6) is 5.75 Å². The van der Waals surface area contributed by atoms with Crippen LogP contribution >= 0.6 is 0 Å². The summed E-state index contributed by atoms with van der Waals surface area (Å²) in [6.07, 6.45) is 4.55. The number of nitrogen functional groups attached to an aromatic ring is 1. The Morgan fingerprint density at radius 2 is 2.24 bits per heavy atom. The maximum absolute atomic E-state index is 13.2. The largest absolute Gasteiger partial charge is 0.493 e. The van der Waals surface area contributed by atoms with Gasteiger partial charge in [0.05, 0.1) is 19.2 Å². The molecule has 29 heavy (non-hydrogen) atoms. The predicted octanol–water partition coefficient (Wildman–Crippen LogP) is 2.98. The van der Waals surface area contributed by atoms with Crippen LogP contribution in [-0.4, -0.2) is 45.7 Å². The number of hydrogen-bond donors (Lipinski definition) is 2. The third kappa shape index (κ3) is 4.37. The number of ether oxygens (including phenoxy) is 1. The number of pyridine rings is 1. The zero-order chi connectivity index (χ0) is 20.2. The lowest BCUT2D eigenvalue weighted by Crippen LogP contribution is -2.29. The van der Waals surface area contributed by atoms with Crippen LogP contribution in [0.2, 0.25) is 0 Å². The smallest absolute Gasteiger partial charge is 0.226 e. The lowest BCUT2D eigenvalue weighted by Gasteiger charge is -2.17. The lowest BCUT2D eigenvalue weighted by atomic mass is 9.97. The molecule has 1 atom stereocenters. The molecule has 0 aliphatic carbocycles. The highest BCUT2D eigenvalue weighted by molar-refractivity contribution is 5.77. The first kappa shape index (κ1) is 18.9. The number of H-pyrrole nitrogens is 1. The minimum Gasteiger partial charge on any atom is -0.493 e. The normalized spacial score (nSPS) is 16.2. The van der Waals surface area contributed by atoms with Crippen molar-refractivity contribution in [1.29, 1.82) is 0 Å². The zero-order valence-electron chi connectivity index (χ0n) is 15.8. The van der Waals surface area contributed by atoms with Crippen molar-refractivity contribution < 1.29 is 13.9 Å². The summed E-state index contributed by atoms with van der Waals surface area (Å²) in [4.78, 5) is 18.4. The first-order valence-electron chi connectivity index (χ1n) is 9.51. The first-order chi connectivity index (χ1) is 14.1. The molecule has 1 aliphatic rings. The molecule has 4 rings (SSSR count). The molecule has 7 nitrogen and oxygen atoms in total. The molecule has 1 amide bonds. The number of amides is 1. The second kappa shape index (κ2) is 8.30. The summed E-state index contributed by atoms with van der Waals surface area (Å²) in [5.74, 6) is 0.725. The van der Waals surface area contributed by atoms with E-state index < -0.39 is 0 Å². The van der Waals surface area contributed by atoms with Gasteiger partial charge in [-0.2, -0.15) is 5.10 Å². The van der Waals surface area contributed by atoms with E-state index >= 15 is 0 Å². The summed E-state index contributed by atoms with van der Waals surface area (Å²) in [6, 6.07) is 9.62. The van der Waals surface area contributed by atoms with Gasteiger partial charge in [-0.05, 0) is 36.2 Å². The Bertz CT molecular complexity index is 1010. The van der Waals surface area contributed by atoms with Gasteiger partial charge in [0.1, 0.15) is 17.4 Å². The Morgan fingerprint density at radius 3 is 3.07 bits per heavy atom. The summed E-state index contributed by atoms with van der Waals surface area (Å²) < 4.78 is 18.7. The monoisotopic (exact) mass is 395 g/mol. The number of carbonyl (C=O) groups excluding carboxylic acids is 1. The quantitative estimate of drug-likeness (QED) is 0.669. The number of halogens is 1. The third-order valence-corrected chi connectivity index (χ3v) is 5.09. The minimum absolute atomic E-state index is 0.0260. The van der Waals surface area contributed by atoms with Crippen LogP contribution in [0.4, 0.5) is 10.2 Å². The fraction of sp³-hybridized carbons (Fsp3) is 0.286. The second-order valence-corrected chi connectivity index (χ2v) is 7.05. The van der Waals surface area contributed by atoms with Gasteiger partial charge in [-0.15, -0.1) is 0 Å². The van der Waals surface area contributed by atoms with E-state index in [0.717, 1.165) is 23.2 Å². The average Bonchev–Trinajstić information content (AvgIpc) is 3.37. The van der Waals surface area contributed by atoms with Gasteiger partial charge in [0.15, 0.2) is 0 Å². The number of nitrogens with one attached hydrogen (secondary N) is 1. The molecule has 3 heterocycles. The van der Waals surface area contributed by atoms with Crippen molar-refractivity contribution >= 4 is 11.7 Å². The van der Waals surface area contributed by atoms with Gasteiger partial charge in [0.25, 0.3) is 0 Å². The molecule has 150 valence electrons. The van der Waals surface area contributed by atoms with Crippen molar-refractivity contribution in [1.82, 2.24) is 20.1 Å². The standard InChI is InChI=1S/C21H22FN5O2/c22-16-2-1-3-17(11-16)29-9-6-20(28)27-8-5-15(13-27)21-18(12-25-26-21)14-4-7-24-19(23)10-14/h1-4,7,10-12,15H,5-6,8-9,13H2,(H2,23,24)(H,25,26)/t15-/m0/s1. The molecular formula is C21H22FN5O2. The fourth-order valence-corrected chi connectivity index (χ4v) is 3.65. The maximum Gasteiger partial charge on any atom is 0.226 e. The molecule has 1 aliphatic heterocycles. The summed E-state index contributed by atoms with van der Waals surface area (Å²) >= 11 is 0. The van der Waals surface area contributed by atoms with Crippen LogP contribution in [0.25, 0.3) is 11.1 Å². The van der Waals surface area contributed by atoms with Crippen LogP contribution in [-0.2, 0) is 4.79 Å². The van der Waals surface area contributed by atoms with Gasteiger partial charge in [0, 0.05) is 42.5 Å². The topological polar surface area (TPSA) is 97.1 Å². The predicted molar refractivity (Wildman–Crippen MR) is 107 cm³/mol. The van der Waals surface area contributed by atoms with Gasteiger partial charge in [0.2, 0.25) is 5.91 Å². The van der Waals surface area contributed by atoms with Crippen LogP contribution in [0.15, 0.2) is 48.8 Å². The summed E-state index contributed by atoms with van der Waals surface area (Å²) in [7, 11) is 0. The number of likely N-dealkylation sites (tertiary alicyclic amines) is 1. The fourth-order valence-electron chi connectivity index (χ4n) is 3.65. The molecule has 3 aromatic rings. The minimum atomic E-state index is -0.359. The SMILES string of the molecule is Nc1cc(-c2cn[nH]c2[C@H]2CCN(C(=O)CCOc3cccc(F)c3)C2)ccn1. The van der Waals surface area contributed by atoms with Crippen molar-refractivity contribution in [3.63, 3.8) is 0 Å². The number of anilines is 1. The van der Waals surface area contributed by atoms with Crippen LogP contribution in [0.3, 0.4) is 0 Å². The molecular weight excluding hydrogens is 373 g/mol. The van der Waals surface area contributed by atoms with E-state index in [1.54, 1.807) is 24.5 Å². The first-order valence-corrected chi connectivity index (χ1v) is 9.51. The van der Waals surface area contributed by atoms with Crippen molar-refractivity contribution in [2.45, 2.75) is 18.8 Å². The Morgan fingerprint density at radius 1 is 1.34 bits per heavy atom. The Hall–Kier alpha value is -3.42. The number of aromatic nitrogens is 3. The van der Waals surface area contributed by atoms with Gasteiger partial charge >= 0.3 is 0 Å². The van der Waals surface area contributed by atoms with E-state index in [1.165, 1.54) is 12.1 Å². The number of aromatic amines is 1. The second-order valence-electron chi connectivity index (χ2n) is 7.05. The van der Waals surface area contributed by atoms with Crippen molar-refractivity contribution in [3.05, 3.63) is 60.3 Å². The van der Waals surface area contributed by atoms with Crippen LogP contribution in [0.1, 0.15) is 24.5 Å². The van der Waals surface area contributed by atoms with Crippen molar-refractivity contribution in [2.24, 2.45) is 0 Å². The molecule has 2 aromatic heterocycles. The number of benzene rings is 1. The molecule has 1 aromatic carbocycles. The molecule has 3 N–H and O–H groups in total. The van der Waals surface area contributed by atoms with E-state index in [-0.39, 0.29) is 30.7 Å². The molecule has 0 bridgehead atoms. The summed E-state index contributed by atoms with van der Waals surface area (Å²) in [5, 5.41) is 7.28. The van der Waals surface area contributed by atoms with Gasteiger partial charge in [-0.1, -0.05) is 6.07 Å². The van der Waals surface area contributed by atoms with Gasteiger partial charge < -0.3 is 15.4 Å². The summed E-state index contributed by atoms with van der Waals surface area (Å²) in [5.41, 5.74) is 8.73. The molecule has 0 radical (unpaired) electrons. The molecule has 1 fully saturated rings. The van der Waals surface area contributed by atoms with E-state index in [1.807, 2.05) is 17.0 Å². The highest BCUT2D eigenvalue weighted by atomic mass is 19.1. The van der Waals surface area contributed by atoms with Gasteiger partial charge in [-0.3, -0.25) is 9.89 Å². The van der Waals surface area contributed by atoms with Crippen molar-refractivity contribution in [3.8, 4) is 16.9 Å². The maximum atomic E-state index is 13.2. The number of nitrogens with zero attached hydrogens (tertiary/aromatic N) is 3. The highest BCUT2D eigenvalue weighted by Crippen LogP contribution is 2.33. The molecule has 1 saturated heterocycles. The van der Waals surface area contributed by atoms with Crippen LogP contribution < -0.4 is 10.5 Å².